The number of methoxy groups -OCH3 is 1. The van der Waals surface area contributed by atoms with E-state index >= 15 is 0 Å². The van der Waals surface area contributed by atoms with Gasteiger partial charge in [-0.2, -0.15) is 0 Å². The maximum absolute atomic E-state index is 10.5. The quantitative estimate of drug-likeness (QED) is 0.790. The Balaban J connectivity index is 2.99. The highest BCUT2D eigenvalue weighted by Gasteiger charge is 2.16. The molecule has 4 nitrogen and oxygen atoms in total. The number of aryl methyl sites for hydroxylation is 1. The maximum atomic E-state index is 10.5. The number of aliphatic hydroxyl groups is 1. The van der Waals surface area contributed by atoms with Crippen molar-refractivity contribution in [3.63, 3.8) is 0 Å². The molecule has 0 spiro atoms. The van der Waals surface area contributed by atoms with E-state index in [0.29, 0.717) is 11.3 Å². The number of carboxylic acids is 1. The summed E-state index contributed by atoms with van der Waals surface area (Å²) in [7, 11) is 1.49. The summed E-state index contributed by atoms with van der Waals surface area (Å²) in [6.07, 6.45) is -1.35. The highest BCUT2D eigenvalue weighted by atomic mass is 16.5. The third-order valence-electron chi connectivity index (χ3n) is 2.11. The summed E-state index contributed by atoms with van der Waals surface area (Å²) >= 11 is 0. The van der Waals surface area contributed by atoms with E-state index in [4.69, 9.17) is 9.84 Å². The molecule has 2 N–H and O–H groups in total. The number of carbonyl (C=O) groups is 1. The van der Waals surface area contributed by atoms with E-state index in [9.17, 15) is 9.90 Å². The van der Waals surface area contributed by atoms with Crippen LogP contribution in [0.1, 0.15) is 23.7 Å². The van der Waals surface area contributed by atoms with Crippen molar-refractivity contribution < 1.29 is 19.7 Å². The van der Waals surface area contributed by atoms with E-state index in [1.807, 2.05) is 13.0 Å². The van der Waals surface area contributed by atoms with Gasteiger partial charge in [-0.1, -0.05) is 11.6 Å². The number of carboxylic acid groups (broad SMARTS) is 1. The van der Waals surface area contributed by atoms with Crippen LogP contribution in [0.4, 0.5) is 0 Å². The minimum Gasteiger partial charge on any atom is -0.496 e. The van der Waals surface area contributed by atoms with E-state index in [1.165, 1.54) is 7.11 Å². The number of rotatable bonds is 4. The van der Waals surface area contributed by atoms with Gasteiger partial charge in [-0.3, -0.25) is 4.79 Å². The average Bonchev–Trinajstić information content (AvgIpc) is 2.16. The Labute approximate surface area is 88.1 Å². The Morgan fingerprint density at radius 1 is 1.53 bits per heavy atom. The molecule has 1 rings (SSSR count). The monoisotopic (exact) mass is 210 g/mol. The van der Waals surface area contributed by atoms with E-state index in [2.05, 4.69) is 0 Å². The number of ether oxygens (including phenoxy) is 1. The van der Waals surface area contributed by atoms with E-state index < -0.39 is 12.1 Å². The van der Waals surface area contributed by atoms with Gasteiger partial charge in [-0.25, -0.2) is 0 Å². The summed E-state index contributed by atoms with van der Waals surface area (Å²) in [6.45, 7) is 1.87. The molecule has 1 aromatic carbocycles. The molecule has 0 aliphatic carbocycles. The minimum atomic E-state index is -1.04. The molecule has 1 atom stereocenters. The van der Waals surface area contributed by atoms with Crippen molar-refractivity contribution in [1.82, 2.24) is 0 Å². The van der Waals surface area contributed by atoms with E-state index in [0.717, 1.165) is 5.56 Å². The molecule has 0 unspecified atom stereocenters. The molecule has 0 radical (unpaired) electrons. The molecule has 0 bridgehead atoms. The van der Waals surface area contributed by atoms with Gasteiger partial charge in [-0.05, 0) is 19.1 Å². The van der Waals surface area contributed by atoms with Crippen LogP contribution in [0.3, 0.4) is 0 Å². The Morgan fingerprint density at radius 2 is 2.20 bits per heavy atom. The van der Waals surface area contributed by atoms with Crippen LogP contribution in [0.2, 0.25) is 0 Å². The van der Waals surface area contributed by atoms with Crippen molar-refractivity contribution in [2.45, 2.75) is 19.4 Å². The van der Waals surface area contributed by atoms with Gasteiger partial charge in [0.2, 0.25) is 0 Å². The van der Waals surface area contributed by atoms with Crippen LogP contribution < -0.4 is 4.74 Å². The van der Waals surface area contributed by atoms with Crippen LogP contribution in [0, 0.1) is 6.92 Å². The standard InChI is InChI=1S/C11H14O4/c1-7-3-4-10(15-2)8(5-7)9(12)6-11(13)14/h3-5,9,12H,6H2,1-2H3,(H,13,14)/t9-/m0/s1. The zero-order chi connectivity index (χ0) is 11.4. The van der Waals surface area contributed by atoms with Gasteiger partial charge in [0.05, 0.1) is 19.6 Å². The topological polar surface area (TPSA) is 66.8 Å². The molecule has 1 aromatic rings. The molecule has 0 heterocycles. The molecule has 4 heteroatoms. The van der Waals surface area contributed by atoms with Crippen LogP contribution in [-0.2, 0) is 4.79 Å². The molecule has 82 valence electrons. The molecule has 15 heavy (non-hydrogen) atoms. The van der Waals surface area contributed by atoms with Crippen LogP contribution in [-0.4, -0.2) is 23.3 Å². The van der Waals surface area contributed by atoms with Gasteiger partial charge in [0.15, 0.2) is 0 Å². The first-order chi connectivity index (χ1) is 7.04. The van der Waals surface area contributed by atoms with E-state index in [-0.39, 0.29) is 6.42 Å². The van der Waals surface area contributed by atoms with E-state index in [1.54, 1.807) is 12.1 Å². The summed E-state index contributed by atoms with van der Waals surface area (Å²) in [4.78, 5) is 10.5. The van der Waals surface area contributed by atoms with Crippen molar-refractivity contribution in [3.8, 4) is 5.75 Å². The lowest BCUT2D eigenvalue weighted by Gasteiger charge is -2.13. The molecular weight excluding hydrogens is 196 g/mol. The Hall–Kier alpha value is -1.55. The third kappa shape index (κ3) is 2.95. The summed E-state index contributed by atoms with van der Waals surface area (Å²) < 4.78 is 5.05. The number of aliphatic hydroxyl groups excluding tert-OH is 1. The lowest BCUT2D eigenvalue weighted by Crippen LogP contribution is -2.07. The van der Waals surface area contributed by atoms with Gasteiger partial charge >= 0.3 is 5.97 Å². The lowest BCUT2D eigenvalue weighted by molar-refractivity contribution is -0.139. The largest absolute Gasteiger partial charge is 0.496 e. The first kappa shape index (κ1) is 11.5. The maximum Gasteiger partial charge on any atom is 0.306 e. The molecule has 0 aliphatic heterocycles. The zero-order valence-corrected chi connectivity index (χ0v) is 8.73. The van der Waals surface area contributed by atoms with Crippen molar-refractivity contribution in [2.24, 2.45) is 0 Å². The first-order valence-electron chi connectivity index (χ1n) is 4.59. The average molecular weight is 210 g/mol. The normalized spacial score (nSPS) is 12.2. The summed E-state index contributed by atoms with van der Waals surface area (Å²) in [6, 6.07) is 5.29. The summed E-state index contributed by atoms with van der Waals surface area (Å²) in [5, 5.41) is 18.2. The molecule has 0 fully saturated rings. The fraction of sp³-hybridized carbons (Fsp3) is 0.364. The van der Waals surface area contributed by atoms with Gasteiger partial charge in [0, 0.05) is 5.56 Å². The number of benzene rings is 1. The smallest absolute Gasteiger partial charge is 0.306 e. The van der Waals surface area contributed by atoms with Crippen molar-refractivity contribution in [3.05, 3.63) is 29.3 Å². The SMILES string of the molecule is COc1ccc(C)cc1[C@@H](O)CC(=O)O. The van der Waals surface area contributed by atoms with Crippen LogP contribution >= 0.6 is 0 Å². The van der Waals surface area contributed by atoms with Crippen molar-refractivity contribution in [2.75, 3.05) is 7.11 Å². The Kier molecular flexibility index (Phi) is 3.68. The molecule has 0 amide bonds. The molecular formula is C11H14O4. The number of aliphatic carboxylic acids is 1. The van der Waals surface area contributed by atoms with Gasteiger partial charge in [0.1, 0.15) is 5.75 Å². The van der Waals surface area contributed by atoms with Crippen LogP contribution in [0.25, 0.3) is 0 Å². The molecule has 0 saturated carbocycles. The second-order valence-corrected chi connectivity index (χ2v) is 3.36. The van der Waals surface area contributed by atoms with Crippen molar-refractivity contribution in [1.29, 1.82) is 0 Å². The summed E-state index contributed by atoms with van der Waals surface area (Å²) in [5.41, 5.74) is 1.47. The predicted molar refractivity (Wildman–Crippen MR) is 54.9 cm³/mol. The van der Waals surface area contributed by atoms with Crippen LogP contribution in [0.15, 0.2) is 18.2 Å². The fourth-order valence-electron chi connectivity index (χ4n) is 1.39. The summed E-state index contributed by atoms with van der Waals surface area (Å²) in [5.74, 6) is -0.527. The first-order valence-corrected chi connectivity index (χ1v) is 4.59. The van der Waals surface area contributed by atoms with Gasteiger partial charge < -0.3 is 14.9 Å². The predicted octanol–water partition coefficient (Wildman–Crippen LogP) is 1.51. The number of hydrogen-bond acceptors (Lipinski definition) is 3. The van der Waals surface area contributed by atoms with Gasteiger partial charge in [0.25, 0.3) is 0 Å². The fourth-order valence-corrected chi connectivity index (χ4v) is 1.39. The minimum absolute atomic E-state index is 0.320. The molecule has 0 aromatic heterocycles. The zero-order valence-electron chi connectivity index (χ0n) is 8.73. The highest BCUT2D eigenvalue weighted by Crippen LogP contribution is 2.28. The Bertz CT molecular complexity index is 360. The lowest BCUT2D eigenvalue weighted by atomic mass is 10.0. The molecule has 0 aliphatic rings. The van der Waals surface area contributed by atoms with Crippen LogP contribution in [0.5, 0.6) is 5.75 Å². The Morgan fingerprint density at radius 3 is 2.73 bits per heavy atom. The second kappa shape index (κ2) is 4.79. The van der Waals surface area contributed by atoms with Gasteiger partial charge in [-0.15, -0.1) is 0 Å². The highest BCUT2D eigenvalue weighted by molar-refractivity contribution is 5.68. The van der Waals surface area contributed by atoms with Crippen molar-refractivity contribution >= 4 is 5.97 Å². The third-order valence-corrected chi connectivity index (χ3v) is 2.11. The number of hydrogen-bond donors (Lipinski definition) is 2. The second-order valence-electron chi connectivity index (χ2n) is 3.36. The molecule has 0 saturated heterocycles.